The Kier molecular flexibility index (Phi) is 3.34. The lowest BCUT2D eigenvalue weighted by Gasteiger charge is -2.22. The maximum absolute atomic E-state index is 13.5. The van der Waals surface area contributed by atoms with E-state index in [9.17, 15) is 14.3 Å². The molecule has 3 rings (SSSR count). The first-order valence-corrected chi connectivity index (χ1v) is 7.01. The minimum absolute atomic E-state index is 0.241. The lowest BCUT2D eigenvalue weighted by atomic mass is 9.94. The van der Waals surface area contributed by atoms with Gasteiger partial charge in [0, 0.05) is 17.1 Å². The molecule has 1 heterocycles. The van der Waals surface area contributed by atoms with Gasteiger partial charge in [-0.15, -0.1) is 0 Å². The summed E-state index contributed by atoms with van der Waals surface area (Å²) in [6.45, 7) is 3.32. The van der Waals surface area contributed by atoms with Crippen LogP contribution in [-0.4, -0.2) is 9.67 Å². The first-order valence-electron chi connectivity index (χ1n) is 7.01. The quantitative estimate of drug-likeness (QED) is 0.788. The first-order chi connectivity index (χ1) is 10.4. The normalized spacial score (nSPS) is 11.8. The average molecular weight is 297 g/mol. The molecule has 0 aliphatic rings. The number of fused-ring (bicyclic) bond motifs is 1. The second kappa shape index (κ2) is 5.07. The minimum Gasteiger partial charge on any atom is -0.386 e. The predicted octanol–water partition coefficient (Wildman–Crippen LogP) is 3.36. The van der Waals surface area contributed by atoms with Crippen LogP contribution in [0.5, 0.6) is 0 Å². The van der Waals surface area contributed by atoms with Gasteiger partial charge in [0.15, 0.2) is 0 Å². The van der Waals surface area contributed by atoms with Crippen LogP contribution in [0.3, 0.4) is 0 Å². The number of pyridine rings is 1. The van der Waals surface area contributed by atoms with Gasteiger partial charge in [-0.1, -0.05) is 24.3 Å². The van der Waals surface area contributed by atoms with Crippen LogP contribution in [0.2, 0.25) is 0 Å². The molecule has 0 atom stereocenters. The van der Waals surface area contributed by atoms with E-state index in [4.69, 9.17) is 0 Å². The maximum Gasteiger partial charge on any atom is 0.262 e. The maximum atomic E-state index is 13.5. The van der Waals surface area contributed by atoms with Crippen LogP contribution in [0.1, 0.15) is 19.4 Å². The number of aliphatic hydroxyl groups is 1. The molecule has 0 aliphatic carbocycles. The molecule has 0 bridgehead atoms. The van der Waals surface area contributed by atoms with Gasteiger partial charge in [-0.05, 0) is 43.5 Å². The number of rotatable bonds is 2. The van der Waals surface area contributed by atoms with Crippen molar-refractivity contribution in [2.75, 3.05) is 0 Å². The smallest absolute Gasteiger partial charge is 0.262 e. The van der Waals surface area contributed by atoms with Crippen molar-refractivity contribution in [3.63, 3.8) is 0 Å². The standard InChI is InChI=1S/C18H16FNO2/c1-18(2,22)16-11-20(13-7-5-6-12(19)10-13)17(21)15-9-4-3-8-14(15)16/h3-11,22H,1-2H3. The summed E-state index contributed by atoms with van der Waals surface area (Å²) in [5.74, 6) is -0.414. The highest BCUT2D eigenvalue weighted by Gasteiger charge is 2.21. The molecule has 0 unspecified atom stereocenters. The molecule has 4 heteroatoms. The molecule has 2 aromatic carbocycles. The molecule has 0 saturated carbocycles. The van der Waals surface area contributed by atoms with Crippen LogP contribution >= 0.6 is 0 Å². The van der Waals surface area contributed by atoms with Crippen LogP contribution in [0.25, 0.3) is 16.5 Å². The topological polar surface area (TPSA) is 42.2 Å². The highest BCUT2D eigenvalue weighted by Crippen LogP contribution is 2.27. The number of nitrogens with zero attached hydrogens (tertiary/aromatic N) is 1. The SMILES string of the molecule is CC(C)(O)c1cn(-c2cccc(F)c2)c(=O)c2ccccc12. The third-order valence-electron chi connectivity index (χ3n) is 3.67. The molecule has 0 radical (unpaired) electrons. The Labute approximate surface area is 127 Å². The fraction of sp³-hybridized carbons (Fsp3) is 0.167. The number of aromatic nitrogens is 1. The van der Waals surface area contributed by atoms with Gasteiger partial charge < -0.3 is 5.11 Å². The number of benzene rings is 2. The third kappa shape index (κ3) is 2.42. The van der Waals surface area contributed by atoms with E-state index in [0.717, 1.165) is 0 Å². The van der Waals surface area contributed by atoms with Crippen LogP contribution in [0.15, 0.2) is 59.5 Å². The van der Waals surface area contributed by atoms with E-state index in [1.807, 2.05) is 6.07 Å². The summed E-state index contributed by atoms with van der Waals surface area (Å²) in [7, 11) is 0. The molecular weight excluding hydrogens is 281 g/mol. The fourth-order valence-corrected chi connectivity index (χ4v) is 2.60. The van der Waals surface area contributed by atoms with Gasteiger partial charge in [0.2, 0.25) is 0 Å². The summed E-state index contributed by atoms with van der Waals surface area (Å²) < 4.78 is 14.8. The Hall–Kier alpha value is -2.46. The summed E-state index contributed by atoms with van der Waals surface area (Å²) in [4.78, 5) is 12.7. The van der Waals surface area contributed by atoms with Gasteiger partial charge in [0.25, 0.3) is 5.56 Å². The Morgan fingerprint density at radius 3 is 2.36 bits per heavy atom. The van der Waals surface area contributed by atoms with Crippen molar-refractivity contribution in [2.24, 2.45) is 0 Å². The predicted molar refractivity (Wildman–Crippen MR) is 84.7 cm³/mol. The summed E-state index contributed by atoms with van der Waals surface area (Å²) >= 11 is 0. The molecule has 3 aromatic rings. The van der Waals surface area contributed by atoms with Gasteiger partial charge in [-0.3, -0.25) is 9.36 Å². The number of hydrogen-bond acceptors (Lipinski definition) is 2. The molecule has 3 nitrogen and oxygen atoms in total. The molecule has 22 heavy (non-hydrogen) atoms. The molecule has 0 fully saturated rings. The van der Waals surface area contributed by atoms with E-state index in [0.29, 0.717) is 22.0 Å². The van der Waals surface area contributed by atoms with Gasteiger partial charge in [0.05, 0.1) is 11.3 Å². The zero-order chi connectivity index (χ0) is 15.9. The van der Waals surface area contributed by atoms with Crippen molar-refractivity contribution in [3.8, 4) is 5.69 Å². The van der Waals surface area contributed by atoms with Crippen LogP contribution in [0, 0.1) is 5.82 Å². The van der Waals surface area contributed by atoms with Gasteiger partial charge in [-0.25, -0.2) is 4.39 Å². The van der Waals surface area contributed by atoms with Crippen molar-refractivity contribution in [1.29, 1.82) is 0 Å². The first kappa shape index (κ1) is 14.5. The zero-order valence-electron chi connectivity index (χ0n) is 12.4. The average Bonchev–Trinajstić information content (AvgIpc) is 2.46. The molecule has 0 spiro atoms. The van der Waals surface area contributed by atoms with E-state index in [-0.39, 0.29) is 5.56 Å². The van der Waals surface area contributed by atoms with Crippen molar-refractivity contribution in [3.05, 3.63) is 76.5 Å². The second-order valence-corrected chi connectivity index (χ2v) is 5.80. The van der Waals surface area contributed by atoms with Crippen molar-refractivity contribution >= 4 is 10.8 Å². The van der Waals surface area contributed by atoms with Crippen LogP contribution < -0.4 is 5.56 Å². The van der Waals surface area contributed by atoms with E-state index < -0.39 is 11.4 Å². The van der Waals surface area contributed by atoms with E-state index in [2.05, 4.69) is 0 Å². The van der Waals surface area contributed by atoms with Crippen LogP contribution in [0.4, 0.5) is 4.39 Å². The summed E-state index contributed by atoms with van der Waals surface area (Å²) in [5, 5.41) is 11.6. The molecular formula is C18H16FNO2. The lowest BCUT2D eigenvalue weighted by Crippen LogP contribution is -2.24. The third-order valence-corrected chi connectivity index (χ3v) is 3.67. The zero-order valence-corrected chi connectivity index (χ0v) is 12.4. The lowest BCUT2D eigenvalue weighted by molar-refractivity contribution is 0.0796. The van der Waals surface area contributed by atoms with Crippen LogP contribution in [-0.2, 0) is 5.60 Å². The van der Waals surface area contributed by atoms with E-state index >= 15 is 0 Å². The Balaban J connectivity index is 2.42. The van der Waals surface area contributed by atoms with Gasteiger partial charge in [-0.2, -0.15) is 0 Å². The molecule has 0 amide bonds. The van der Waals surface area contributed by atoms with E-state index in [1.54, 1.807) is 50.4 Å². The second-order valence-electron chi connectivity index (χ2n) is 5.80. The van der Waals surface area contributed by atoms with Crippen molar-refractivity contribution in [2.45, 2.75) is 19.4 Å². The number of hydrogen-bond donors (Lipinski definition) is 1. The molecule has 112 valence electrons. The molecule has 1 N–H and O–H groups in total. The van der Waals surface area contributed by atoms with E-state index in [1.165, 1.54) is 16.7 Å². The number of halogens is 1. The summed E-state index contributed by atoms with van der Waals surface area (Å²) in [6.07, 6.45) is 1.58. The Morgan fingerprint density at radius 1 is 1.05 bits per heavy atom. The van der Waals surface area contributed by atoms with Crippen molar-refractivity contribution < 1.29 is 9.50 Å². The molecule has 1 aromatic heterocycles. The highest BCUT2D eigenvalue weighted by molar-refractivity contribution is 5.85. The molecule has 0 aliphatic heterocycles. The van der Waals surface area contributed by atoms with Gasteiger partial charge >= 0.3 is 0 Å². The fourth-order valence-electron chi connectivity index (χ4n) is 2.60. The minimum atomic E-state index is -1.12. The Morgan fingerprint density at radius 2 is 1.73 bits per heavy atom. The highest BCUT2D eigenvalue weighted by atomic mass is 19.1. The summed E-state index contributed by atoms with van der Waals surface area (Å²) in [6, 6.07) is 12.9. The monoisotopic (exact) mass is 297 g/mol. The molecule has 0 saturated heterocycles. The van der Waals surface area contributed by atoms with Gasteiger partial charge in [0.1, 0.15) is 5.82 Å². The largest absolute Gasteiger partial charge is 0.386 e. The van der Waals surface area contributed by atoms with Crippen molar-refractivity contribution in [1.82, 2.24) is 4.57 Å². The Bertz CT molecular complexity index is 907. The summed E-state index contributed by atoms with van der Waals surface area (Å²) in [5.41, 5.74) is -0.315.